The number of hydrogen-bond acceptors (Lipinski definition) is 3. The molecular formula is C17H21NO3. The summed E-state index contributed by atoms with van der Waals surface area (Å²) >= 11 is 0. The molecule has 0 spiro atoms. The molecule has 0 radical (unpaired) electrons. The highest BCUT2D eigenvalue weighted by Crippen LogP contribution is 2.24. The molecule has 2 aromatic rings. The second-order valence-corrected chi connectivity index (χ2v) is 5.04. The number of rotatable bonds is 6. The monoisotopic (exact) mass is 287 g/mol. The molecule has 0 bridgehead atoms. The summed E-state index contributed by atoms with van der Waals surface area (Å²) in [4.78, 5) is 12.1. The first-order valence-corrected chi connectivity index (χ1v) is 7.13. The number of aliphatic hydroxyl groups is 1. The molecule has 0 saturated heterocycles. The maximum absolute atomic E-state index is 12.1. The smallest absolute Gasteiger partial charge is 0.224 e. The molecule has 0 aliphatic rings. The summed E-state index contributed by atoms with van der Waals surface area (Å²) < 4.78 is 5.25. The molecule has 0 aliphatic heterocycles. The van der Waals surface area contributed by atoms with Crippen molar-refractivity contribution in [1.29, 1.82) is 0 Å². The Bertz CT molecular complexity index is 620. The van der Waals surface area contributed by atoms with Gasteiger partial charge in [0.05, 0.1) is 26.2 Å². The van der Waals surface area contributed by atoms with Crippen molar-refractivity contribution in [3.05, 3.63) is 42.0 Å². The van der Waals surface area contributed by atoms with E-state index in [0.29, 0.717) is 12.8 Å². The Morgan fingerprint density at radius 3 is 2.81 bits per heavy atom. The molecule has 2 rings (SSSR count). The minimum Gasteiger partial charge on any atom is -0.497 e. The van der Waals surface area contributed by atoms with Crippen LogP contribution >= 0.6 is 0 Å². The topological polar surface area (TPSA) is 58.6 Å². The Kier molecular flexibility index (Phi) is 5.17. The van der Waals surface area contributed by atoms with E-state index < -0.39 is 0 Å². The zero-order valence-electron chi connectivity index (χ0n) is 12.4. The quantitative estimate of drug-likeness (QED) is 0.857. The van der Waals surface area contributed by atoms with E-state index in [0.717, 1.165) is 22.1 Å². The lowest BCUT2D eigenvalue weighted by molar-refractivity contribution is -0.121. The number of amides is 1. The van der Waals surface area contributed by atoms with Gasteiger partial charge in [-0.05, 0) is 34.9 Å². The van der Waals surface area contributed by atoms with Crippen LogP contribution in [-0.2, 0) is 11.2 Å². The predicted octanol–water partition coefficient (Wildman–Crippen LogP) is 2.28. The van der Waals surface area contributed by atoms with Crippen LogP contribution in [0.25, 0.3) is 10.8 Å². The van der Waals surface area contributed by atoms with Crippen molar-refractivity contribution in [3.63, 3.8) is 0 Å². The second-order valence-electron chi connectivity index (χ2n) is 5.04. The van der Waals surface area contributed by atoms with Gasteiger partial charge in [0, 0.05) is 0 Å². The van der Waals surface area contributed by atoms with Crippen LogP contribution in [0.2, 0.25) is 0 Å². The fourth-order valence-corrected chi connectivity index (χ4v) is 2.33. The van der Waals surface area contributed by atoms with E-state index in [1.807, 2.05) is 43.3 Å². The minimum absolute atomic E-state index is 0.0361. The third kappa shape index (κ3) is 3.73. The van der Waals surface area contributed by atoms with Gasteiger partial charge in [0.15, 0.2) is 0 Å². The van der Waals surface area contributed by atoms with E-state index in [2.05, 4.69) is 5.32 Å². The maximum atomic E-state index is 12.1. The first-order valence-electron chi connectivity index (χ1n) is 7.13. The number of carbonyl (C=O) groups excluding carboxylic acids is 1. The number of benzene rings is 2. The fourth-order valence-electron chi connectivity index (χ4n) is 2.33. The van der Waals surface area contributed by atoms with Crippen molar-refractivity contribution in [2.45, 2.75) is 25.8 Å². The van der Waals surface area contributed by atoms with Crippen LogP contribution in [0.5, 0.6) is 5.75 Å². The van der Waals surface area contributed by atoms with E-state index in [4.69, 9.17) is 9.84 Å². The molecule has 4 nitrogen and oxygen atoms in total. The van der Waals surface area contributed by atoms with Crippen LogP contribution in [0.1, 0.15) is 18.9 Å². The SMILES string of the molecule is CCC(CO)NC(=O)Cc1cccc2ccc(OC)cc12. The lowest BCUT2D eigenvalue weighted by Crippen LogP contribution is -2.37. The largest absolute Gasteiger partial charge is 0.497 e. The molecule has 0 saturated carbocycles. The number of ether oxygens (including phenoxy) is 1. The standard InChI is InChI=1S/C17H21NO3/c1-3-14(11-19)18-17(20)9-13-6-4-5-12-7-8-15(21-2)10-16(12)13/h4-8,10,14,19H,3,9,11H2,1-2H3,(H,18,20). The third-order valence-electron chi connectivity index (χ3n) is 3.61. The van der Waals surface area contributed by atoms with Crippen molar-refractivity contribution < 1.29 is 14.6 Å². The lowest BCUT2D eigenvalue weighted by atomic mass is 10.0. The van der Waals surface area contributed by atoms with Gasteiger partial charge in [-0.1, -0.05) is 31.2 Å². The van der Waals surface area contributed by atoms with Gasteiger partial charge >= 0.3 is 0 Å². The number of fused-ring (bicyclic) bond motifs is 1. The summed E-state index contributed by atoms with van der Waals surface area (Å²) in [5, 5.41) is 14.1. The van der Waals surface area contributed by atoms with Gasteiger partial charge < -0.3 is 15.2 Å². The van der Waals surface area contributed by atoms with Crippen LogP contribution in [0.4, 0.5) is 0 Å². The highest BCUT2D eigenvalue weighted by Gasteiger charge is 2.11. The van der Waals surface area contributed by atoms with Crippen LogP contribution in [0.15, 0.2) is 36.4 Å². The summed E-state index contributed by atoms with van der Waals surface area (Å²) in [5.74, 6) is 0.698. The molecule has 4 heteroatoms. The van der Waals surface area contributed by atoms with E-state index >= 15 is 0 Å². The Labute approximate surface area is 124 Å². The molecule has 0 heterocycles. The number of methoxy groups -OCH3 is 1. The summed E-state index contributed by atoms with van der Waals surface area (Å²) in [6, 6.07) is 11.6. The molecule has 2 N–H and O–H groups in total. The molecule has 0 aliphatic carbocycles. The fraction of sp³-hybridized carbons (Fsp3) is 0.353. The van der Waals surface area contributed by atoms with Crippen molar-refractivity contribution in [2.24, 2.45) is 0 Å². The highest BCUT2D eigenvalue weighted by atomic mass is 16.5. The highest BCUT2D eigenvalue weighted by molar-refractivity contribution is 5.91. The Balaban J connectivity index is 2.23. The van der Waals surface area contributed by atoms with Gasteiger partial charge in [-0.3, -0.25) is 4.79 Å². The number of carbonyl (C=O) groups is 1. The molecule has 1 unspecified atom stereocenters. The van der Waals surface area contributed by atoms with Crippen molar-refractivity contribution in [3.8, 4) is 5.75 Å². The average Bonchev–Trinajstić information content (AvgIpc) is 2.52. The number of hydrogen-bond donors (Lipinski definition) is 2. The van der Waals surface area contributed by atoms with E-state index in [1.165, 1.54) is 0 Å². The van der Waals surface area contributed by atoms with Gasteiger partial charge in [0.1, 0.15) is 5.75 Å². The minimum atomic E-state index is -0.179. The van der Waals surface area contributed by atoms with Gasteiger partial charge in [-0.15, -0.1) is 0 Å². The zero-order chi connectivity index (χ0) is 15.2. The van der Waals surface area contributed by atoms with Gasteiger partial charge in [-0.2, -0.15) is 0 Å². The van der Waals surface area contributed by atoms with E-state index in [-0.39, 0.29) is 18.6 Å². The second kappa shape index (κ2) is 7.09. The summed E-state index contributed by atoms with van der Waals surface area (Å²) in [6.45, 7) is 1.90. The van der Waals surface area contributed by atoms with Crippen LogP contribution in [0, 0.1) is 0 Å². The van der Waals surface area contributed by atoms with Crippen LogP contribution in [-0.4, -0.2) is 30.8 Å². The summed E-state index contributed by atoms with van der Waals surface area (Å²) in [5.41, 5.74) is 0.955. The number of aliphatic hydroxyl groups excluding tert-OH is 1. The average molecular weight is 287 g/mol. The first kappa shape index (κ1) is 15.3. The zero-order valence-corrected chi connectivity index (χ0v) is 12.4. The van der Waals surface area contributed by atoms with E-state index in [1.54, 1.807) is 7.11 Å². The Morgan fingerprint density at radius 1 is 1.33 bits per heavy atom. The molecule has 21 heavy (non-hydrogen) atoms. The first-order chi connectivity index (χ1) is 10.2. The van der Waals surface area contributed by atoms with Gasteiger partial charge in [-0.25, -0.2) is 0 Å². The Morgan fingerprint density at radius 2 is 2.14 bits per heavy atom. The Hall–Kier alpha value is -2.07. The van der Waals surface area contributed by atoms with Crippen molar-refractivity contribution >= 4 is 16.7 Å². The molecule has 112 valence electrons. The predicted molar refractivity (Wildman–Crippen MR) is 83.5 cm³/mol. The normalized spacial score (nSPS) is 12.1. The van der Waals surface area contributed by atoms with Gasteiger partial charge in [0.2, 0.25) is 5.91 Å². The number of nitrogens with one attached hydrogen (secondary N) is 1. The van der Waals surface area contributed by atoms with E-state index in [9.17, 15) is 4.79 Å². The lowest BCUT2D eigenvalue weighted by Gasteiger charge is -2.14. The van der Waals surface area contributed by atoms with Crippen molar-refractivity contribution in [1.82, 2.24) is 5.32 Å². The van der Waals surface area contributed by atoms with Gasteiger partial charge in [0.25, 0.3) is 0 Å². The molecule has 1 amide bonds. The molecule has 1 atom stereocenters. The van der Waals surface area contributed by atoms with Crippen LogP contribution < -0.4 is 10.1 Å². The molecule has 0 fully saturated rings. The molecule has 2 aromatic carbocycles. The maximum Gasteiger partial charge on any atom is 0.224 e. The van der Waals surface area contributed by atoms with Crippen molar-refractivity contribution in [2.75, 3.05) is 13.7 Å². The molecular weight excluding hydrogens is 266 g/mol. The summed E-state index contributed by atoms with van der Waals surface area (Å²) in [6.07, 6.45) is 1.01. The third-order valence-corrected chi connectivity index (χ3v) is 3.61. The van der Waals surface area contributed by atoms with Crippen LogP contribution in [0.3, 0.4) is 0 Å². The summed E-state index contributed by atoms with van der Waals surface area (Å²) in [7, 11) is 1.63. The molecule has 0 aromatic heterocycles.